The summed E-state index contributed by atoms with van der Waals surface area (Å²) >= 11 is 1.28. The fourth-order valence-electron chi connectivity index (χ4n) is 4.27. The third kappa shape index (κ3) is 5.95. The molecule has 1 heterocycles. The molecule has 1 atom stereocenters. The molecule has 6 heteroatoms. The van der Waals surface area contributed by atoms with Crippen LogP contribution < -0.4 is 10.2 Å². The summed E-state index contributed by atoms with van der Waals surface area (Å²) in [5, 5.41) is 12.8. The van der Waals surface area contributed by atoms with E-state index in [0.29, 0.717) is 28.7 Å². The zero-order chi connectivity index (χ0) is 26.5. The van der Waals surface area contributed by atoms with Gasteiger partial charge in [-0.15, -0.1) is 0 Å². The molecule has 0 spiro atoms. The first kappa shape index (κ1) is 26.2. The van der Waals surface area contributed by atoms with Gasteiger partial charge in [0.15, 0.2) is 0 Å². The summed E-state index contributed by atoms with van der Waals surface area (Å²) in [6.45, 7) is 8.30. The molecule has 2 amide bonds. The Morgan fingerprint density at radius 3 is 2.32 bits per heavy atom. The Labute approximate surface area is 223 Å². The number of nitrogens with zero attached hydrogens (tertiary/aromatic N) is 2. The summed E-state index contributed by atoms with van der Waals surface area (Å²) in [6, 6.07) is 25.5. The Balaban J connectivity index is 1.70. The lowest BCUT2D eigenvalue weighted by Crippen LogP contribution is -2.31. The van der Waals surface area contributed by atoms with Crippen molar-refractivity contribution in [1.82, 2.24) is 0 Å². The van der Waals surface area contributed by atoms with Crippen LogP contribution in [0, 0.1) is 18.3 Å². The number of carbonyl (C=O) groups excluding carboxylic acids is 2. The standard InChI is InChI=1S/C31H31N3O2S/c1-5-22-11-15-26(16-12-22)34-30(36)28(18-23-9-13-24(14-10-23)20(2)3)37-31(34)27(19-32)29(35)33-25-8-6-7-21(4)17-25/h6-17,20,28H,5,18H2,1-4H3,(H,33,35)/b31-27-. The lowest BCUT2D eigenvalue weighted by atomic mass is 10.00. The van der Waals surface area contributed by atoms with E-state index in [-0.39, 0.29) is 11.5 Å². The van der Waals surface area contributed by atoms with Gasteiger partial charge < -0.3 is 5.32 Å². The van der Waals surface area contributed by atoms with Crippen molar-refractivity contribution in [3.05, 3.63) is 106 Å². The molecule has 188 valence electrons. The van der Waals surface area contributed by atoms with E-state index in [9.17, 15) is 14.9 Å². The number of hydrogen-bond donors (Lipinski definition) is 1. The predicted octanol–water partition coefficient (Wildman–Crippen LogP) is 6.75. The van der Waals surface area contributed by atoms with Crippen molar-refractivity contribution in [2.45, 2.75) is 51.7 Å². The molecule has 5 nitrogen and oxygen atoms in total. The van der Waals surface area contributed by atoms with Gasteiger partial charge in [-0.1, -0.05) is 81.1 Å². The summed E-state index contributed by atoms with van der Waals surface area (Å²) in [4.78, 5) is 28.5. The summed E-state index contributed by atoms with van der Waals surface area (Å²) in [7, 11) is 0. The van der Waals surface area contributed by atoms with Gasteiger partial charge in [0.05, 0.1) is 5.25 Å². The first-order valence-corrected chi connectivity index (χ1v) is 13.4. The lowest BCUT2D eigenvalue weighted by Gasteiger charge is -2.19. The van der Waals surface area contributed by atoms with Crippen LogP contribution in [-0.4, -0.2) is 17.1 Å². The van der Waals surface area contributed by atoms with E-state index < -0.39 is 11.2 Å². The molecule has 0 aliphatic carbocycles. The fraction of sp³-hybridized carbons (Fsp3) is 0.258. The normalized spacial score (nSPS) is 16.6. The molecule has 1 fully saturated rings. The molecule has 1 saturated heterocycles. The minimum atomic E-state index is -0.527. The van der Waals surface area contributed by atoms with Gasteiger partial charge in [-0.3, -0.25) is 14.5 Å². The van der Waals surface area contributed by atoms with Gasteiger partial charge in [0.25, 0.3) is 5.91 Å². The van der Waals surface area contributed by atoms with E-state index in [1.807, 2.05) is 49.4 Å². The molecular weight excluding hydrogens is 478 g/mol. The lowest BCUT2D eigenvalue weighted by molar-refractivity contribution is -0.117. The minimum absolute atomic E-state index is 0.0721. The Morgan fingerprint density at radius 2 is 1.73 bits per heavy atom. The molecule has 1 N–H and O–H groups in total. The highest BCUT2D eigenvalue weighted by molar-refractivity contribution is 8.05. The maximum atomic E-state index is 13.7. The smallest absolute Gasteiger partial charge is 0.269 e. The van der Waals surface area contributed by atoms with Crippen LogP contribution in [0.15, 0.2) is 83.4 Å². The highest BCUT2D eigenvalue weighted by Gasteiger charge is 2.40. The van der Waals surface area contributed by atoms with E-state index in [2.05, 4.69) is 56.4 Å². The number of benzene rings is 3. The zero-order valence-corrected chi connectivity index (χ0v) is 22.4. The molecule has 3 aromatic rings. The number of amides is 2. The van der Waals surface area contributed by atoms with Crippen molar-refractivity contribution >= 4 is 35.0 Å². The molecule has 1 unspecified atom stereocenters. The number of nitriles is 1. The largest absolute Gasteiger partial charge is 0.321 e. The molecule has 0 saturated carbocycles. The molecule has 3 aromatic carbocycles. The minimum Gasteiger partial charge on any atom is -0.321 e. The average molecular weight is 510 g/mol. The molecule has 1 aliphatic rings. The number of hydrogen-bond acceptors (Lipinski definition) is 4. The van der Waals surface area contributed by atoms with Gasteiger partial charge in [0.1, 0.15) is 16.7 Å². The Bertz CT molecular complexity index is 1370. The summed E-state index contributed by atoms with van der Waals surface area (Å²) in [5.74, 6) is -0.230. The van der Waals surface area contributed by atoms with Crippen LogP contribution >= 0.6 is 11.8 Å². The topological polar surface area (TPSA) is 73.2 Å². The number of thioether (sulfide) groups is 1. The van der Waals surface area contributed by atoms with Crippen LogP contribution in [0.2, 0.25) is 0 Å². The second-order valence-electron chi connectivity index (χ2n) is 9.52. The van der Waals surface area contributed by atoms with Crippen LogP contribution in [0.5, 0.6) is 0 Å². The molecule has 37 heavy (non-hydrogen) atoms. The first-order valence-electron chi connectivity index (χ1n) is 12.5. The second-order valence-corrected chi connectivity index (χ2v) is 10.7. The van der Waals surface area contributed by atoms with Crippen LogP contribution in [0.4, 0.5) is 11.4 Å². The van der Waals surface area contributed by atoms with E-state index in [0.717, 1.165) is 23.1 Å². The van der Waals surface area contributed by atoms with Gasteiger partial charge in [0, 0.05) is 11.4 Å². The van der Waals surface area contributed by atoms with Crippen molar-refractivity contribution in [1.29, 1.82) is 5.26 Å². The van der Waals surface area contributed by atoms with Crippen LogP contribution in [0.1, 0.15) is 48.9 Å². The first-order chi connectivity index (χ1) is 17.8. The van der Waals surface area contributed by atoms with Gasteiger partial charge in [-0.2, -0.15) is 5.26 Å². The van der Waals surface area contributed by atoms with Crippen LogP contribution in [-0.2, 0) is 22.4 Å². The van der Waals surface area contributed by atoms with Crippen molar-refractivity contribution in [3.8, 4) is 6.07 Å². The van der Waals surface area contributed by atoms with Crippen LogP contribution in [0.3, 0.4) is 0 Å². The summed E-state index contributed by atoms with van der Waals surface area (Å²) in [6.07, 6.45) is 1.39. The third-order valence-corrected chi connectivity index (χ3v) is 7.71. The molecule has 0 radical (unpaired) electrons. The molecule has 0 aromatic heterocycles. The summed E-state index contributed by atoms with van der Waals surface area (Å²) < 4.78 is 0. The quantitative estimate of drug-likeness (QED) is 0.283. The van der Waals surface area contributed by atoms with Gasteiger partial charge in [-0.25, -0.2) is 0 Å². The Hall–Kier alpha value is -3.82. The monoisotopic (exact) mass is 509 g/mol. The number of nitrogens with one attached hydrogen (secondary N) is 1. The maximum Gasteiger partial charge on any atom is 0.269 e. The van der Waals surface area contributed by atoms with Gasteiger partial charge in [-0.05, 0) is 72.2 Å². The average Bonchev–Trinajstić information content (AvgIpc) is 3.20. The number of aryl methyl sites for hydroxylation is 2. The molecular formula is C31H31N3O2S. The van der Waals surface area contributed by atoms with E-state index >= 15 is 0 Å². The second kappa shape index (κ2) is 11.5. The molecule has 4 rings (SSSR count). The number of carbonyl (C=O) groups is 2. The maximum absolute atomic E-state index is 13.7. The van der Waals surface area contributed by atoms with E-state index in [4.69, 9.17) is 0 Å². The van der Waals surface area contributed by atoms with Gasteiger partial charge in [0.2, 0.25) is 5.91 Å². The van der Waals surface area contributed by atoms with Crippen LogP contribution in [0.25, 0.3) is 0 Å². The zero-order valence-electron chi connectivity index (χ0n) is 21.6. The predicted molar refractivity (Wildman–Crippen MR) is 151 cm³/mol. The van der Waals surface area contributed by atoms with E-state index in [1.54, 1.807) is 6.07 Å². The highest BCUT2D eigenvalue weighted by Crippen LogP contribution is 2.42. The van der Waals surface area contributed by atoms with Crippen molar-refractivity contribution in [2.75, 3.05) is 10.2 Å². The Kier molecular flexibility index (Phi) is 8.15. The molecule has 1 aliphatic heterocycles. The number of anilines is 2. The van der Waals surface area contributed by atoms with E-state index in [1.165, 1.54) is 22.2 Å². The Morgan fingerprint density at radius 1 is 1.05 bits per heavy atom. The SMILES string of the molecule is CCc1ccc(N2C(=O)C(Cc3ccc(C(C)C)cc3)S/C2=C(/C#N)C(=O)Nc2cccc(C)c2)cc1. The third-order valence-electron chi connectivity index (χ3n) is 6.45. The highest BCUT2D eigenvalue weighted by atomic mass is 32.2. The summed E-state index contributed by atoms with van der Waals surface area (Å²) in [5.41, 5.74) is 5.61. The fourth-order valence-corrected chi connectivity index (χ4v) is 5.58. The van der Waals surface area contributed by atoms with Crippen molar-refractivity contribution < 1.29 is 9.59 Å². The number of rotatable bonds is 7. The molecule has 0 bridgehead atoms. The van der Waals surface area contributed by atoms with Crippen molar-refractivity contribution in [3.63, 3.8) is 0 Å². The van der Waals surface area contributed by atoms with Gasteiger partial charge >= 0.3 is 0 Å². The van der Waals surface area contributed by atoms with Crippen molar-refractivity contribution in [2.24, 2.45) is 0 Å².